The fraction of sp³-hybridized carbons (Fsp3) is 0.227. The van der Waals surface area contributed by atoms with Crippen molar-refractivity contribution in [1.29, 1.82) is 0 Å². The number of carbonyl (C=O) groups excluding carboxylic acids is 1. The number of methoxy groups -OCH3 is 1. The maximum atomic E-state index is 12.5. The van der Waals surface area contributed by atoms with E-state index in [1.54, 1.807) is 13.2 Å². The van der Waals surface area contributed by atoms with Crippen molar-refractivity contribution in [3.8, 4) is 17.0 Å². The van der Waals surface area contributed by atoms with Crippen LogP contribution in [0, 0.1) is 20.8 Å². The molecular formula is C22H23N3O3. The zero-order valence-electron chi connectivity index (χ0n) is 16.4. The van der Waals surface area contributed by atoms with Crippen molar-refractivity contribution in [2.24, 2.45) is 0 Å². The van der Waals surface area contributed by atoms with E-state index in [2.05, 4.69) is 10.4 Å². The third-order valence-electron chi connectivity index (χ3n) is 4.47. The van der Waals surface area contributed by atoms with E-state index in [0.717, 1.165) is 27.9 Å². The summed E-state index contributed by atoms with van der Waals surface area (Å²) in [6.07, 6.45) is 0. The smallest absolute Gasteiger partial charge is 0.267 e. The average molecular weight is 377 g/mol. The molecule has 3 aromatic rings. The van der Waals surface area contributed by atoms with Gasteiger partial charge in [0.05, 0.1) is 12.8 Å². The van der Waals surface area contributed by atoms with Crippen LogP contribution in [-0.2, 0) is 11.3 Å². The number of hydrogen-bond donors (Lipinski definition) is 1. The number of hydrogen-bond acceptors (Lipinski definition) is 4. The molecule has 6 heteroatoms. The summed E-state index contributed by atoms with van der Waals surface area (Å²) >= 11 is 0. The number of rotatable bonds is 5. The number of aromatic nitrogens is 2. The molecule has 0 radical (unpaired) electrons. The molecule has 1 heterocycles. The summed E-state index contributed by atoms with van der Waals surface area (Å²) in [7, 11) is 1.59. The third kappa shape index (κ3) is 4.28. The van der Waals surface area contributed by atoms with E-state index in [9.17, 15) is 9.59 Å². The average Bonchev–Trinajstić information content (AvgIpc) is 2.66. The first-order valence-electron chi connectivity index (χ1n) is 8.97. The molecule has 6 nitrogen and oxygen atoms in total. The fourth-order valence-corrected chi connectivity index (χ4v) is 3.19. The molecule has 0 aliphatic carbocycles. The molecule has 1 aromatic heterocycles. The van der Waals surface area contributed by atoms with Crippen LogP contribution in [0.5, 0.6) is 5.75 Å². The van der Waals surface area contributed by atoms with Crippen molar-refractivity contribution < 1.29 is 9.53 Å². The number of carbonyl (C=O) groups is 1. The van der Waals surface area contributed by atoms with E-state index in [1.807, 2.05) is 57.2 Å². The highest BCUT2D eigenvalue weighted by Crippen LogP contribution is 2.22. The topological polar surface area (TPSA) is 73.2 Å². The SMILES string of the molecule is COc1cccc(-c2ccc(=O)n(CC(=O)Nc3c(C)cc(C)cc3C)n2)c1. The summed E-state index contributed by atoms with van der Waals surface area (Å²) in [5.74, 6) is 0.396. The minimum absolute atomic E-state index is 0.163. The lowest BCUT2D eigenvalue weighted by Crippen LogP contribution is -2.29. The van der Waals surface area contributed by atoms with E-state index in [-0.39, 0.29) is 18.0 Å². The molecule has 0 aliphatic heterocycles. The van der Waals surface area contributed by atoms with Gasteiger partial charge in [-0.05, 0) is 50.1 Å². The van der Waals surface area contributed by atoms with Crippen LogP contribution in [0.1, 0.15) is 16.7 Å². The fourth-order valence-electron chi connectivity index (χ4n) is 3.19. The molecule has 2 aromatic carbocycles. The second kappa shape index (κ2) is 8.08. The van der Waals surface area contributed by atoms with Crippen LogP contribution in [0.15, 0.2) is 53.3 Å². The predicted molar refractivity (Wildman–Crippen MR) is 110 cm³/mol. The van der Waals surface area contributed by atoms with Crippen molar-refractivity contribution in [2.45, 2.75) is 27.3 Å². The molecule has 1 amide bonds. The van der Waals surface area contributed by atoms with Gasteiger partial charge in [0.1, 0.15) is 12.3 Å². The molecule has 0 saturated carbocycles. The Bertz CT molecular complexity index is 1060. The van der Waals surface area contributed by atoms with Crippen LogP contribution < -0.4 is 15.6 Å². The Balaban J connectivity index is 1.84. The number of nitrogens with zero attached hydrogens (tertiary/aromatic N) is 2. The van der Waals surface area contributed by atoms with Crippen LogP contribution in [0.3, 0.4) is 0 Å². The Labute approximate surface area is 163 Å². The lowest BCUT2D eigenvalue weighted by atomic mass is 10.1. The summed E-state index contributed by atoms with van der Waals surface area (Å²) in [4.78, 5) is 24.7. The van der Waals surface area contributed by atoms with Gasteiger partial charge in [-0.2, -0.15) is 5.10 Å². The summed E-state index contributed by atoms with van der Waals surface area (Å²) in [6.45, 7) is 5.75. The van der Waals surface area contributed by atoms with E-state index < -0.39 is 0 Å². The van der Waals surface area contributed by atoms with Gasteiger partial charge in [-0.3, -0.25) is 9.59 Å². The number of amides is 1. The van der Waals surface area contributed by atoms with E-state index in [4.69, 9.17) is 4.74 Å². The van der Waals surface area contributed by atoms with Gasteiger partial charge < -0.3 is 10.1 Å². The Morgan fingerprint density at radius 1 is 1.07 bits per heavy atom. The van der Waals surface area contributed by atoms with Gasteiger partial charge in [0, 0.05) is 17.3 Å². The number of nitrogens with one attached hydrogen (secondary N) is 1. The molecule has 28 heavy (non-hydrogen) atoms. The molecule has 1 N–H and O–H groups in total. The third-order valence-corrected chi connectivity index (χ3v) is 4.47. The van der Waals surface area contributed by atoms with Gasteiger partial charge in [-0.1, -0.05) is 29.8 Å². The molecule has 3 rings (SSSR count). The lowest BCUT2D eigenvalue weighted by Gasteiger charge is -2.13. The van der Waals surface area contributed by atoms with Crippen LogP contribution in [0.4, 0.5) is 5.69 Å². The number of benzene rings is 2. The maximum Gasteiger partial charge on any atom is 0.267 e. The van der Waals surface area contributed by atoms with Crippen LogP contribution in [0.25, 0.3) is 11.3 Å². The Hall–Kier alpha value is -3.41. The van der Waals surface area contributed by atoms with Crippen molar-refractivity contribution in [3.63, 3.8) is 0 Å². The quantitative estimate of drug-likeness (QED) is 0.739. The van der Waals surface area contributed by atoms with E-state index in [0.29, 0.717) is 11.4 Å². The summed E-state index contributed by atoms with van der Waals surface area (Å²) in [6, 6.07) is 14.5. The Morgan fingerprint density at radius 3 is 2.46 bits per heavy atom. The second-order valence-electron chi connectivity index (χ2n) is 6.77. The molecule has 0 saturated heterocycles. The largest absolute Gasteiger partial charge is 0.497 e. The van der Waals surface area contributed by atoms with Gasteiger partial charge >= 0.3 is 0 Å². The van der Waals surface area contributed by atoms with Crippen molar-refractivity contribution in [1.82, 2.24) is 9.78 Å². The first-order valence-corrected chi connectivity index (χ1v) is 8.97. The number of ether oxygens (including phenoxy) is 1. The second-order valence-corrected chi connectivity index (χ2v) is 6.77. The Morgan fingerprint density at radius 2 is 1.79 bits per heavy atom. The number of aryl methyl sites for hydroxylation is 3. The molecule has 0 aliphatic rings. The molecule has 0 bridgehead atoms. The minimum atomic E-state index is -0.334. The monoisotopic (exact) mass is 377 g/mol. The van der Waals surface area contributed by atoms with Crippen molar-refractivity contribution >= 4 is 11.6 Å². The number of anilines is 1. The minimum Gasteiger partial charge on any atom is -0.497 e. The maximum absolute atomic E-state index is 12.5. The lowest BCUT2D eigenvalue weighted by molar-refractivity contribution is -0.117. The standard InChI is InChI=1S/C22H23N3O3/c1-14-10-15(2)22(16(3)11-14)23-20(26)13-25-21(27)9-8-19(24-25)17-6-5-7-18(12-17)28-4/h5-12H,13H2,1-4H3,(H,23,26). The molecule has 0 unspecified atom stereocenters. The zero-order chi connectivity index (χ0) is 20.3. The summed E-state index contributed by atoms with van der Waals surface area (Å²) < 4.78 is 6.40. The van der Waals surface area contributed by atoms with Gasteiger partial charge in [0.2, 0.25) is 5.91 Å². The highest BCUT2D eigenvalue weighted by atomic mass is 16.5. The molecule has 144 valence electrons. The Kier molecular flexibility index (Phi) is 5.59. The van der Waals surface area contributed by atoms with Crippen molar-refractivity contribution in [2.75, 3.05) is 12.4 Å². The van der Waals surface area contributed by atoms with E-state index in [1.165, 1.54) is 10.7 Å². The molecule has 0 spiro atoms. The first kappa shape index (κ1) is 19.4. The summed E-state index contributed by atoms with van der Waals surface area (Å²) in [5, 5.41) is 7.25. The van der Waals surface area contributed by atoms with Crippen LogP contribution >= 0.6 is 0 Å². The van der Waals surface area contributed by atoms with Gasteiger partial charge in [-0.15, -0.1) is 0 Å². The van der Waals surface area contributed by atoms with Gasteiger partial charge in [0.15, 0.2) is 0 Å². The van der Waals surface area contributed by atoms with Gasteiger partial charge in [0.25, 0.3) is 5.56 Å². The molecule has 0 atom stereocenters. The molecule has 0 fully saturated rings. The van der Waals surface area contributed by atoms with E-state index >= 15 is 0 Å². The first-order chi connectivity index (χ1) is 13.4. The summed E-state index contributed by atoms with van der Waals surface area (Å²) in [5.41, 5.74) is 4.93. The predicted octanol–water partition coefficient (Wildman–Crippen LogP) is 3.48. The zero-order valence-corrected chi connectivity index (χ0v) is 16.4. The van der Waals surface area contributed by atoms with Crippen LogP contribution in [0.2, 0.25) is 0 Å². The highest BCUT2D eigenvalue weighted by molar-refractivity contribution is 5.92. The van der Waals surface area contributed by atoms with Crippen LogP contribution in [-0.4, -0.2) is 22.8 Å². The van der Waals surface area contributed by atoms with Crippen molar-refractivity contribution in [3.05, 3.63) is 75.6 Å². The van der Waals surface area contributed by atoms with Gasteiger partial charge in [-0.25, -0.2) is 4.68 Å². The normalized spacial score (nSPS) is 10.6. The highest BCUT2D eigenvalue weighted by Gasteiger charge is 2.11. The molecular weight excluding hydrogens is 354 g/mol.